The summed E-state index contributed by atoms with van der Waals surface area (Å²) in [6.45, 7) is 1.71. The fraction of sp³-hybridized carbons (Fsp3) is 0.857. The van der Waals surface area contributed by atoms with Gasteiger partial charge >= 0.3 is 0 Å². The molecule has 1 aliphatic rings. The van der Waals surface area contributed by atoms with Crippen molar-refractivity contribution in [2.45, 2.75) is 25.2 Å². The van der Waals surface area contributed by atoms with E-state index in [0.717, 1.165) is 0 Å². The predicted octanol–water partition coefficient (Wildman–Crippen LogP) is -1.06. The summed E-state index contributed by atoms with van der Waals surface area (Å²) in [6, 6.07) is 0. The maximum Gasteiger partial charge on any atom is 0.149 e. The monoisotopic (exact) mass is 160 g/mol. The van der Waals surface area contributed by atoms with E-state index in [1.165, 1.54) is 0 Å². The molecule has 0 amide bonds. The number of aldehydes is 1. The Morgan fingerprint density at radius 1 is 1.55 bits per heavy atom. The second-order valence-corrected chi connectivity index (χ2v) is 2.85. The Labute approximate surface area is 64.8 Å². The van der Waals surface area contributed by atoms with E-state index in [1.54, 1.807) is 6.92 Å². The van der Waals surface area contributed by atoms with Crippen LogP contribution in [-0.2, 0) is 9.53 Å². The summed E-state index contributed by atoms with van der Waals surface area (Å²) in [5, 5.41) is 18.3. The first-order valence-corrected chi connectivity index (χ1v) is 3.60. The van der Waals surface area contributed by atoms with Gasteiger partial charge in [0, 0.05) is 5.92 Å². The highest BCUT2D eigenvalue weighted by atomic mass is 16.5. The van der Waals surface area contributed by atoms with Crippen LogP contribution in [0.2, 0.25) is 0 Å². The van der Waals surface area contributed by atoms with Gasteiger partial charge in [-0.2, -0.15) is 0 Å². The molecule has 64 valence electrons. The van der Waals surface area contributed by atoms with Gasteiger partial charge in [-0.15, -0.1) is 0 Å². The number of aliphatic hydroxyl groups is 2. The number of carbonyl (C=O) groups excluding carboxylic acids is 1. The van der Waals surface area contributed by atoms with E-state index in [9.17, 15) is 9.90 Å². The number of rotatable bonds is 1. The third-order valence-electron chi connectivity index (χ3n) is 2.04. The molecule has 1 fully saturated rings. The molecule has 2 N–H and O–H groups in total. The highest BCUT2D eigenvalue weighted by Gasteiger charge is 2.35. The molecule has 0 aromatic carbocycles. The first-order valence-electron chi connectivity index (χ1n) is 3.60. The van der Waals surface area contributed by atoms with Crippen molar-refractivity contribution in [2.75, 3.05) is 6.61 Å². The van der Waals surface area contributed by atoms with Crippen LogP contribution in [0.5, 0.6) is 0 Å². The van der Waals surface area contributed by atoms with Gasteiger partial charge in [-0.25, -0.2) is 0 Å². The van der Waals surface area contributed by atoms with Crippen LogP contribution in [-0.4, -0.2) is 41.4 Å². The van der Waals surface area contributed by atoms with Gasteiger partial charge < -0.3 is 19.7 Å². The zero-order valence-electron chi connectivity index (χ0n) is 6.30. The molecule has 3 unspecified atom stereocenters. The van der Waals surface area contributed by atoms with E-state index in [4.69, 9.17) is 9.84 Å². The zero-order chi connectivity index (χ0) is 8.43. The minimum Gasteiger partial charge on any atom is -0.390 e. The van der Waals surface area contributed by atoms with E-state index in [2.05, 4.69) is 0 Å². The van der Waals surface area contributed by atoms with E-state index < -0.39 is 18.3 Å². The topological polar surface area (TPSA) is 66.8 Å². The van der Waals surface area contributed by atoms with Crippen molar-refractivity contribution >= 4 is 6.29 Å². The average Bonchev–Trinajstić information content (AvgIpc) is 2.01. The molecule has 11 heavy (non-hydrogen) atoms. The van der Waals surface area contributed by atoms with Gasteiger partial charge in [-0.1, -0.05) is 6.92 Å². The fourth-order valence-corrected chi connectivity index (χ4v) is 1.17. The second kappa shape index (κ2) is 3.30. The lowest BCUT2D eigenvalue weighted by Gasteiger charge is -2.33. The summed E-state index contributed by atoms with van der Waals surface area (Å²) in [5.74, 6) is -0.323. The normalized spacial score (nSPS) is 45.4. The van der Waals surface area contributed by atoms with E-state index in [0.29, 0.717) is 6.29 Å². The van der Waals surface area contributed by atoms with Gasteiger partial charge in [0.05, 0.1) is 12.7 Å². The molecule has 1 heterocycles. The average molecular weight is 160 g/mol. The van der Waals surface area contributed by atoms with Crippen molar-refractivity contribution < 1.29 is 19.7 Å². The van der Waals surface area contributed by atoms with Crippen LogP contribution in [0.25, 0.3) is 0 Å². The Morgan fingerprint density at radius 3 is 2.73 bits per heavy atom. The number of aliphatic hydroxyl groups excluding tert-OH is 2. The summed E-state index contributed by atoms with van der Waals surface area (Å²) in [6.07, 6.45) is -1.63. The summed E-state index contributed by atoms with van der Waals surface area (Å²) in [4.78, 5) is 10.3. The van der Waals surface area contributed by atoms with Crippen molar-refractivity contribution in [3.8, 4) is 0 Å². The second-order valence-electron chi connectivity index (χ2n) is 2.85. The molecule has 4 atom stereocenters. The fourth-order valence-electron chi connectivity index (χ4n) is 1.17. The molecule has 0 spiro atoms. The molecule has 1 rings (SSSR count). The lowest BCUT2D eigenvalue weighted by Crippen LogP contribution is -2.48. The smallest absolute Gasteiger partial charge is 0.149 e. The number of carbonyl (C=O) groups is 1. The van der Waals surface area contributed by atoms with Crippen LogP contribution in [0.4, 0.5) is 0 Å². The number of hydrogen-bond donors (Lipinski definition) is 2. The Kier molecular flexibility index (Phi) is 2.59. The minimum absolute atomic E-state index is 0.0366. The van der Waals surface area contributed by atoms with Crippen molar-refractivity contribution in [3.05, 3.63) is 0 Å². The largest absolute Gasteiger partial charge is 0.390 e. The SMILES string of the molecule is C[C@@H]1C(C=O)OCC(O)C1O. The van der Waals surface area contributed by atoms with Gasteiger partial charge in [-0.05, 0) is 0 Å². The van der Waals surface area contributed by atoms with Crippen LogP contribution in [0, 0.1) is 5.92 Å². The number of hydrogen-bond acceptors (Lipinski definition) is 4. The van der Waals surface area contributed by atoms with Crippen LogP contribution in [0.15, 0.2) is 0 Å². The van der Waals surface area contributed by atoms with Crippen LogP contribution < -0.4 is 0 Å². The molecule has 1 saturated heterocycles. The lowest BCUT2D eigenvalue weighted by molar-refractivity contribution is -0.159. The van der Waals surface area contributed by atoms with E-state index in [1.807, 2.05) is 0 Å². The standard InChI is InChI=1S/C7H12O4/c1-4-6(2-8)11-3-5(9)7(4)10/h2,4-7,9-10H,3H2,1H3/t4-,5?,6?,7?/m1/s1. The lowest BCUT2D eigenvalue weighted by atomic mass is 9.92. The summed E-state index contributed by atoms with van der Waals surface area (Å²) in [5.41, 5.74) is 0. The summed E-state index contributed by atoms with van der Waals surface area (Å²) >= 11 is 0. The first-order chi connectivity index (χ1) is 5.16. The highest BCUT2D eigenvalue weighted by Crippen LogP contribution is 2.19. The van der Waals surface area contributed by atoms with Gasteiger partial charge in [0.1, 0.15) is 18.5 Å². The van der Waals surface area contributed by atoms with Gasteiger partial charge in [0.25, 0.3) is 0 Å². The molecule has 0 aliphatic carbocycles. The molecule has 0 aromatic rings. The molecule has 4 heteroatoms. The van der Waals surface area contributed by atoms with Crippen molar-refractivity contribution in [2.24, 2.45) is 5.92 Å². The van der Waals surface area contributed by atoms with Crippen LogP contribution in [0.1, 0.15) is 6.92 Å². The van der Waals surface area contributed by atoms with E-state index in [-0.39, 0.29) is 12.5 Å². The Balaban J connectivity index is 2.58. The molecular formula is C7H12O4. The Hall–Kier alpha value is -0.450. The van der Waals surface area contributed by atoms with Crippen molar-refractivity contribution in [1.29, 1.82) is 0 Å². The quantitative estimate of drug-likeness (QED) is 0.480. The van der Waals surface area contributed by atoms with Crippen LogP contribution >= 0.6 is 0 Å². The molecule has 0 bridgehead atoms. The van der Waals surface area contributed by atoms with Gasteiger partial charge in [0.15, 0.2) is 0 Å². The van der Waals surface area contributed by atoms with Gasteiger partial charge in [0.2, 0.25) is 0 Å². The van der Waals surface area contributed by atoms with Crippen LogP contribution in [0.3, 0.4) is 0 Å². The zero-order valence-corrected chi connectivity index (χ0v) is 6.30. The third-order valence-corrected chi connectivity index (χ3v) is 2.04. The Morgan fingerprint density at radius 2 is 2.18 bits per heavy atom. The molecule has 0 aromatic heterocycles. The maximum atomic E-state index is 10.3. The third kappa shape index (κ3) is 1.58. The summed E-state index contributed by atoms with van der Waals surface area (Å²) < 4.78 is 4.94. The molecule has 0 radical (unpaired) electrons. The minimum atomic E-state index is -0.860. The van der Waals surface area contributed by atoms with E-state index >= 15 is 0 Å². The molecule has 0 saturated carbocycles. The maximum absolute atomic E-state index is 10.3. The molecule has 1 aliphatic heterocycles. The highest BCUT2D eigenvalue weighted by molar-refractivity contribution is 5.56. The summed E-state index contributed by atoms with van der Waals surface area (Å²) in [7, 11) is 0. The predicted molar refractivity (Wildman–Crippen MR) is 37.0 cm³/mol. The van der Waals surface area contributed by atoms with Gasteiger partial charge in [-0.3, -0.25) is 0 Å². The first kappa shape index (κ1) is 8.64. The Bertz CT molecular complexity index is 147. The van der Waals surface area contributed by atoms with Crippen molar-refractivity contribution in [3.63, 3.8) is 0 Å². The molecule has 4 nitrogen and oxygen atoms in total. The van der Waals surface area contributed by atoms with Crippen molar-refractivity contribution in [1.82, 2.24) is 0 Å². The molecular weight excluding hydrogens is 148 g/mol. The number of ether oxygens (including phenoxy) is 1.